The molecule has 0 radical (unpaired) electrons. The second kappa shape index (κ2) is 4.41. The second-order valence-corrected chi connectivity index (χ2v) is 5.14. The molecular formula is C16H14N2O3. The third-order valence-corrected chi connectivity index (χ3v) is 3.61. The van der Waals surface area contributed by atoms with Crippen LogP contribution in [0.1, 0.15) is 5.69 Å². The Hall–Kier alpha value is -2.69. The van der Waals surface area contributed by atoms with E-state index >= 15 is 0 Å². The molecule has 106 valence electrons. The highest BCUT2D eigenvalue weighted by molar-refractivity contribution is 5.72. The number of ether oxygens (including phenoxy) is 2. The molecule has 5 heteroatoms. The van der Waals surface area contributed by atoms with E-state index in [9.17, 15) is 4.79 Å². The van der Waals surface area contributed by atoms with Gasteiger partial charge in [0.25, 0.3) is 0 Å². The van der Waals surface area contributed by atoms with E-state index in [1.807, 2.05) is 43.5 Å². The number of aryl methyl sites for hydroxylation is 1. The van der Waals surface area contributed by atoms with Gasteiger partial charge < -0.3 is 14.5 Å². The predicted molar refractivity (Wildman–Crippen MR) is 79.2 cm³/mol. The number of benzene rings is 1. The van der Waals surface area contributed by atoms with Gasteiger partial charge in [-0.05, 0) is 36.8 Å². The normalized spacial score (nSPS) is 13.6. The monoisotopic (exact) mass is 282 g/mol. The van der Waals surface area contributed by atoms with Crippen LogP contribution in [0, 0.1) is 6.92 Å². The summed E-state index contributed by atoms with van der Waals surface area (Å²) >= 11 is 0. The molecule has 3 heterocycles. The molecule has 4 rings (SSSR count). The van der Waals surface area contributed by atoms with E-state index in [0.717, 1.165) is 33.8 Å². The molecule has 0 spiro atoms. The molecule has 0 aliphatic carbocycles. The van der Waals surface area contributed by atoms with E-state index in [1.54, 1.807) is 4.40 Å². The summed E-state index contributed by atoms with van der Waals surface area (Å²) in [7, 11) is 0. The fraction of sp³-hybridized carbons (Fsp3) is 0.188. The Bertz CT molecular complexity index is 892. The van der Waals surface area contributed by atoms with Crippen molar-refractivity contribution in [3.63, 3.8) is 0 Å². The standard InChI is InChI=1S/C16H14N2O3/c1-10-6-13-7-12(9-18(13)16(19)17-10)11-2-3-14-15(8-11)21-5-4-20-14/h2-3,6-9H,4-5H2,1H3,(H,17,19). The highest BCUT2D eigenvalue weighted by Gasteiger charge is 2.13. The smallest absolute Gasteiger partial charge is 0.330 e. The van der Waals surface area contributed by atoms with Gasteiger partial charge in [-0.15, -0.1) is 0 Å². The van der Waals surface area contributed by atoms with Crippen LogP contribution in [0.15, 0.2) is 41.3 Å². The van der Waals surface area contributed by atoms with Crippen LogP contribution in [0.25, 0.3) is 16.6 Å². The number of rotatable bonds is 1. The lowest BCUT2D eigenvalue weighted by molar-refractivity contribution is 0.171. The molecule has 0 saturated carbocycles. The summed E-state index contributed by atoms with van der Waals surface area (Å²) in [4.78, 5) is 14.7. The number of nitrogens with one attached hydrogen (secondary N) is 1. The van der Waals surface area contributed by atoms with E-state index in [0.29, 0.717) is 13.2 Å². The fourth-order valence-corrected chi connectivity index (χ4v) is 2.63. The van der Waals surface area contributed by atoms with Crippen LogP contribution >= 0.6 is 0 Å². The van der Waals surface area contributed by atoms with Crippen molar-refractivity contribution in [3.05, 3.63) is 52.7 Å². The number of aromatic nitrogens is 2. The average molecular weight is 282 g/mol. The van der Waals surface area contributed by atoms with E-state index in [1.165, 1.54) is 0 Å². The Balaban J connectivity index is 1.86. The number of aromatic amines is 1. The predicted octanol–water partition coefficient (Wildman–Crippen LogP) is 2.37. The molecule has 1 aromatic carbocycles. The maximum absolute atomic E-state index is 11.9. The lowest BCUT2D eigenvalue weighted by Crippen LogP contribution is -2.15. The zero-order chi connectivity index (χ0) is 14.4. The van der Waals surface area contributed by atoms with Crippen LogP contribution in [0.3, 0.4) is 0 Å². The van der Waals surface area contributed by atoms with Gasteiger partial charge in [-0.25, -0.2) is 4.79 Å². The van der Waals surface area contributed by atoms with Crippen molar-refractivity contribution in [3.8, 4) is 22.6 Å². The molecule has 0 atom stereocenters. The van der Waals surface area contributed by atoms with Crippen molar-refractivity contribution in [2.75, 3.05) is 13.2 Å². The zero-order valence-electron chi connectivity index (χ0n) is 11.6. The Morgan fingerprint density at radius 2 is 1.86 bits per heavy atom. The molecule has 1 aliphatic heterocycles. The van der Waals surface area contributed by atoms with Crippen molar-refractivity contribution < 1.29 is 9.47 Å². The summed E-state index contributed by atoms with van der Waals surface area (Å²) in [6.07, 6.45) is 1.83. The summed E-state index contributed by atoms with van der Waals surface area (Å²) in [5, 5.41) is 0. The van der Waals surface area contributed by atoms with Gasteiger partial charge in [-0.1, -0.05) is 6.07 Å². The largest absolute Gasteiger partial charge is 0.486 e. The highest BCUT2D eigenvalue weighted by Crippen LogP contribution is 2.34. The van der Waals surface area contributed by atoms with Crippen LogP contribution in [-0.4, -0.2) is 22.6 Å². The summed E-state index contributed by atoms with van der Waals surface area (Å²) < 4.78 is 12.7. The molecule has 0 saturated heterocycles. The minimum absolute atomic E-state index is 0.131. The molecule has 1 N–H and O–H groups in total. The quantitative estimate of drug-likeness (QED) is 0.745. The zero-order valence-corrected chi connectivity index (χ0v) is 11.6. The first-order valence-electron chi connectivity index (χ1n) is 6.83. The Labute approximate surface area is 120 Å². The lowest BCUT2D eigenvalue weighted by atomic mass is 10.1. The molecule has 5 nitrogen and oxygen atoms in total. The van der Waals surface area contributed by atoms with Crippen molar-refractivity contribution in [1.82, 2.24) is 9.38 Å². The van der Waals surface area contributed by atoms with Gasteiger partial charge >= 0.3 is 5.69 Å². The summed E-state index contributed by atoms with van der Waals surface area (Å²) in [5.74, 6) is 1.52. The summed E-state index contributed by atoms with van der Waals surface area (Å²) in [6.45, 7) is 3.02. The molecule has 3 aromatic rings. The number of nitrogens with zero attached hydrogens (tertiary/aromatic N) is 1. The van der Waals surface area contributed by atoms with Gasteiger partial charge in [0, 0.05) is 17.5 Å². The molecule has 0 bridgehead atoms. The van der Waals surface area contributed by atoms with Gasteiger partial charge in [0.1, 0.15) is 13.2 Å². The second-order valence-electron chi connectivity index (χ2n) is 5.14. The van der Waals surface area contributed by atoms with Gasteiger partial charge in [0.05, 0.1) is 5.52 Å². The van der Waals surface area contributed by atoms with Gasteiger partial charge in [-0.3, -0.25) is 4.40 Å². The molecule has 0 unspecified atom stereocenters. The summed E-state index contributed by atoms with van der Waals surface area (Å²) in [6, 6.07) is 9.77. The average Bonchev–Trinajstić information content (AvgIpc) is 2.91. The molecule has 0 fully saturated rings. The highest BCUT2D eigenvalue weighted by atomic mass is 16.6. The maximum atomic E-state index is 11.9. The van der Waals surface area contributed by atoms with E-state index in [4.69, 9.17) is 9.47 Å². The van der Waals surface area contributed by atoms with Gasteiger partial charge in [0.2, 0.25) is 0 Å². The third-order valence-electron chi connectivity index (χ3n) is 3.61. The van der Waals surface area contributed by atoms with Crippen LogP contribution in [0.2, 0.25) is 0 Å². The topological polar surface area (TPSA) is 55.7 Å². The Morgan fingerprint density at radius 1 is 1.05 bits per heavy atom. The summed E-state index contributed by atoms with van der Waals surface area (Å²) in [5.41, 5.74) is 3.57. The number of H-pyrrole nitrogens is 1. The van der Waals surface area contributed by atoms with Gasteiger partial charge in [-0.2, -0.15) is 0 Å². The first-order valence-corrected chi connectivity index (χ1v) is 6.83. The van der Waals surface area contributed by atoms with E-state index in [2.05, 4.69) is 4.98 Å². The van der Waals surface area contributed by atoms with E-state index < -0.39 is 0 Å². The Kier molecular flexibility index (Phi) is 2.54. The molecule has 2 aromatic heterocycles. The van der Waals surface area contributed by atoms with Crippen LogP contribution in [0.4, 0.5) is 0 Å². The van der Waals surface area contributed by atoms with Crippen molar-refractivity contribution >= 4 is 5.52 Å². The molecule has 0 amide bonds. The maximum Gasteiger partial charge on any atom is 0.330 e. The van der Waals surface area contributed by atoms with Crippen LogP contribution in [-0.2, 0) is 0 Å². The molecule has 21 heavy (non-hydrogen) atoms. The van der Waals surface area contributed by atoms with Crippen LogP contribution < -0.4 is 15.2 Å². The number of hydrogen-bond acceptors (Lipinski definition) is 3. The SMILES string of the molecule is Cc1cc2cc(-c3ccc4c(c3)OCCO4)cn2c(=O)[nH]1. The first kappa shape index (κ1) is 12.1. The third kappa shape index (κ3) is 1.98. The van der Waals surface area contributed by atoms with Crippen molar-refractivity contribution in [1.29, 1.82) is 0 Å². The lowest BCUT2D eigenvalue weighted by Gasteiger charge is -2.18. The minimum Gasteiger partial charge on any atom is -0.486 e. The first-order chi connectivity index (χ1) is 10.2. The van der Waals surface area contributed by atoms with Crippen LogP contribution in [0.5, 0.6) is 11.5 Å². The molecule has 1 aliphatic rings. The fourth-order valence-electron chi connectivity index (χ4n) is 2.63. The number of hydrogen-bond donors (Lipinski definition) is 1. The Morgan fingerprint density at radius 3 is 2.71 bits per heavy atom. The molecular weight excluding hydrogens is 268 g/mol. The number of fused-ring (bicyclic) bond motifs is 2. The minimum atomic E-state index is -0.131. The van der Waals surface area contributed by atoms with Crippen molar-refractivity contribution in [2.24, 2.45) is 0 Å². The van der Waals surface area contributed by atoms with Crippen molar-refractivity contribution in [2.45, 2.75) is 6.92 Å². The van der Waals surface area contributed by atoms with E-state index in [-0.39, 0.29) is 5.69 Å². The van der Waals surface area contributed by atoms with Gasteiger partial charge in [0.15, 0.2) is 11.5 Å².